The highest BCUT2D eigenvalue weighted by atomic mass is 32.2. The number of fused-ring (bicyclic) bond motifs is 1. The van der Waals surface area contributed by atoms with E-state index in [1.54, 1.807) is 0 Å². The Morgan fingerprint density at radius 1 is 1.00 bits per heavy atom. The molecule has 0 saturated heterocycles. The molecule has 2 aromatic carbocycles. The van der Waals surface area contributed by atoms with Crippen LogP contribution in [0.1, 0.15) is 66.7 Å². The van der Waals surface area contributed by atoms with Gasteiger partial charge in [-0.15, -0.1) is 0 Å². The molecule has 176 valence electrons. The minimum absolute atomic E-state index is 0.0671. The number of benzene rings is 2. The topological polar surface area (TPSA) is 80.7 Å². The zero-order valence-electron chi connectivity index (χ0n) is 18.0. The van der Waals surface area contributed by atoms with E-state index in [-0.39, 0.29) is 11.8 Å². The maximum atomic E-state index is 13.9. The first kappa shape index (κ1) is 22.5. The number of halogens is 2. The van der Waals surface area contributed by atoms with Gasteiger partial charge in [0.2, 0.25) is 0 Å². The molecule has 4 aliphatic carbocycles. The molecule has 0 amide bonds. The summed E-state index contributed by atoms with van der Waals surface area (Å²) >= 11 is 0. The van der Waals surface area contributed by atoms with Gasteiger partial charge in [0.05, 0.1) is 5.92 Å². The Bertz CT molecular complexity index is 1140. The monoisotopic (exact) mass is 476 g/mol. The molecule has 2 bridgehead atoms. The van der Waals surface area contributed by atoms with Crippen LogP contribution < -0.4 is 0 Å². The van der Waals surface area contributed by atoms with Crippen LogP contribution in [0.25, 0.3) is 0 Å². The summed E-state index contributed by atoms with van der Waals surface area (Å²) in [6, 6.07) is 16.1. The molecule has 5 nitrogen and oxygen atoms in total. The predicted molar refractivity (Wildman–Crippen MR) is 118 cm³/mol. The highest BCUT2D eigenvalue weighted by Crippen LogP contribution is 2.64. The molecule has 0 aliphatic heterocycles. The van der Waals surface area contributed by atoms with E-state index >= 15 is 0 Å². The SMILES string of the molecule is O=C(OCC(F)(F)S(=O)(=O)O)C1CC2c3ccccc3C1(C1CCCCC1)c1ccccc12. The van der Waals surface area contributed by atoms with Crippen molar-refractivity contribution in [2.24, 2.45) is 11.8 Å². The van der Waals surface area contributed by atoms with Crippen molar-refractivity contribution in [3.63, 3.8) is 0 Å². The molecular formula is C25H26F2O5S. The normalized spacial score (nSPS) is 27.0. The van der Waals surface area contributed by atoms with E-state index in [2.05, 4.69) is 12.1 Å². The molecule has 1 unspecified atom stereocenters. The second kappa shape index (κ2) is 7.87. The van der Waals surface area contributed by atoms with E-state index in [9.17, 15) is 22.0 Å². The van der Waals surface area contributed by atoms with E-state index < -0.39 is 39.3 Å². The highest BCUT2D eigenvalue weighted by molar-refractivity contribution is 7.86. The van der Waals surface area contributed by atoms with Gasteiger partial charge < -0.3 is 4.74 Å². The second-order valence-corrected chi connectivity index (χ2v) is 11.0. The van der Waals surface area contributed by atoms with Crippen molar-refractivity contribution in [2.45, 2.75) is 55.1 Å². The van der Waals surface area contributed by atoms with Gasteiger partial charge in [-0.25, -0.2) is 0 Å². The Hall–Kier alpha value is -2.32. The van der Waals surface area contributed by atoms with Crippen LogP contribution in [-0.2, 0) is 25.1 Å². The first-order valence-corrected chi connectivity index (χ1v) is 12.8. The standard InChI is InChI=1S/C25H26F2O5S/c26-24(27,33(29,30)31)15-32-23(28)22-14-19-17-10-4-6-12-20(17)25(22,16-8-2-1-3-9-16)21-13-7-5-11-18(19)21/h4-7,10-13,16,19,22H,1-3,8-9,14-15H2,(H,29,30,31). The van der Waals surface area contributed by atoms with Crippen LogP contribution in [0.4, 0.5) is 8.78 Å². The molecular weight excluding hydrogens is 450 g/mol. The molecule has 0 spiro atoms. The predicted octanol–water partition coefficient (Wildman–Crippen LogP) is 5.04. The summed E-state index contributed by atoms with van der Waals surface area (Å²) in [4.78, 5) is 13.4. The smallest absolute Gasteiger partial charge is 0.402 e. The Kier molecular flexibility index (Phi) is 5.36. The van der Waals surface area contributed by atoms with Crippen LogP contribution in [0.3, 0.4) is 0 Å². The average molecular weight is 477 g/mol. The fourth-order valence-electron chi connectivity index (χ4n) is 6.61. The Labute approximate surface area is 191 Å². The lowest BCUT2D eigenvalue weighted by molar-refractivity contribution is -0.159. The summed E-state index contributed by atoms with van der Waals surface area (Å²) in [5, 5.41) is -4.55. The molecule has 1 saturated carbocycles. The molecule has 0 aromatic heterocycles. The first-order chi connectivity index (χ1) is 15.7. The third kappa shape index (κ3) is 3.33. The maximum Gasteiger partial charge on any atom is 0.402 e. The van der Waals surface area contributed by atoms with Crippen LogP contribution in [0.5, 0.6) is 0 Å². The van der Waals surface area contributed by atoms with Crippen LogP contribution >= 0.6 is 0 Å². The average Bonchev–Trinajstić information content (AvgIpc) is 2.82. The third-order valence-electron chi connectivity index (χ3n) is 7.88. The number of alkyl halides is 2. The number of hydrogen-bond donors (Lipinski definition) is 1. The maximum absolute atomic E-state index is 13.9. The van der Waals surface area contributed by atoms with Crippen molar-refractivity contribution in [3.05, 3.63) is 70.8 Å². The lowest BCUT2D eigenvalue weighted by atomic mass is 9.45. The van der Waals surface area contributed by atoms with Crippen LogP contribution in [-0.4, -0.2) is 30.8 Å². The van der Waals surface area contributed by atoms with E-state index in [1.807, 2.05) is 36.4 Å². The van der Waals surface area contributed by atoms with Gasteiger partial charge in [-0.3, -0.25) is 9.35 Å². The summed E-state index contributed by atoms with van der Waals surface area (Å²) in [6.45, 7) is -1.70. The zero-order valence-corrected chi connectivity index (χ0v) is 18.9. The van der Waals surface area contributed by atoms with Gasteiger partial charge in [-0.2, -0.15) is 17.2 Å². The summed E-state index contributed by atoms with van der Waals surface area (Å²) in [6.07, 6.45) is 5.43. The summed E-state index contributed by atoms with van der Waals surface area (Å²) in [5.74, 6) is -1.48. The van der Waals surface area contributed by atoms with Crippen LogP contribution in [0.2, 0.25) is 0 Å². The second-order valence-electron chi connectivity index (χ2n) is 9.44. The molecule has 2 aromatic rings. The third-order valence-corrected chi connectivity index (χ3v) is 8.75. The number of ether oxygens (including phenoxy) is 1. The number of rotatable bonds is 5. The van der Waals surface area contributed by atoms with Gasteiger partial charge in [-0.1, -0.05) is 67.8 Å². The van der Waals surface area contributed by atoms with Gasteiger partial charge in [0, 0.05) is 11.3 Å². The lowest BCUT2D eigenvalue weighted by Crippen LogP contribution is -2.55. The van der Waals surface area contributed by atoms with Crippen LogP contribution in [0, 0.1) is 11.8 Å². The molecule has 1 atom stereocenters. The van der Waals surface area contributed by atoms with E-state index in [0.29, 0.717) is 6.42 Å². The molecule has 33 heavy (non-hydrogen) atoms. The fraction of sp³-hybridized carbons (Fsp3) is 0.480. The molecule has 1 fully saturated rings. The lowest BCUT2D eigenvalue weighted by Gasteiger charge is -2.57. The molecule has 6 rings (SSSR count). The van der Waals surface area contributed by atoms with Gasteiger partial charge in [0.1, 0.15) is 0 Å². The van der Waals surface area contributed by atoms with Crippen LogP contribution in [0.15, 0.2) is 48.5 Å². The minimum Gasteiger partial charge on any atom is -0.458 e. The Morgan fingerprint density at radius 2 is 1.55 bits per heavy atom. The first-order valence-electron chi connectivity index (χ1n) is 11.4. The van der Waals surface area contributed by atoms with Crippen molar-refractivity contribution in [1.29, 1.82) is 0 Å². The van der Waals surface area contributed by atoms with Crippen molar-refractivity contribution in [2.75, 3.05) is 6.61 Å². The van der Waals surface area contributed by atoms with Gasteiger partial charge in [-0.05, 0) is 47.4 Å². The van der Waals surface area contributed by atoms with Gasteiger partial charge in [0.15, 0.2) is 6.61 Å². The summed E-state index contributed by atoms with van der Waals surface area (Å²) in [5.41, 5.74) is 3.71. The molecule has 0 heterocycles. The largest absolute Gasteiger partial charge is 0.458 e. The van der Waals surface area contributed by atoms with Gasteiger partial charge in [0.25, 0.3) is 0 Å². The Balaban J connectivity index is 1.63. The van der Waals surface area contributed by atoms with E-state index in [0.717, 1.165) is 54.4 Å². The molecule has 0 radical (unpaired) electrons. The van der Waals surface area contributed by atoms with Crippen molar-refractivity contribution < 1.29 is 31.3 Å². The number of esters is 1. The Morgan fingerprint density at radius 3 is 2.09 bits per heavy atom. The van der Waals surface area contributed by atoms with Crippen molar-refractivity contribution in [1.82, 2.24) is 0 Å². The quantitative estimate of drug-likeness (QED) is 0.483. The molecule has 8 heteroatoms. The van der Waals surface area contributed by atoms with Crippen molar-refractivity contribution >= 4 is 16.1 Å². The van der Waals surface area contributed by atoms with E-state index in [1.165, 1.54) is 0 Å². The zero-order chi connectivity index (χ0) is 23.4. The minimum atomic E-state index is -5.68. The summed E-state index contributed by atoms with van der Waals surface area (Å²) in [7, 11) is -5.68. The van der Waals surface area contributed by atoms with E-state index in [4.69, 9.17) is 9.29 Å². The fourth-order valence-corrected chi connectivity index (χ4v) is 6.82. The van der Waals surface area contributed by atoms with Crippen molar-refractivity contribution in [3.8, 4) is 0 Å². The molecule has 4 aliphatic rings. The molecule has 1 N–H and O–H groups in total. The summed E-state index contributed by atoms with van der Waals surface area (Å²) < 4.78 is 63.5. The number of hydrogen-bond acceptors (Lipinski definition) is 4. The highest BCUT2D eigenvalue weighted by Gasteiger charge is 2.60. The van der Waals surface area contributed by atoms with Gasteiger partial charge >= 0.3 is 21.3 Å². The number of carbonyl (C=O) groups is 1. The number of carbonyl (C=O) groups excluding carboxylic acids is 1.